The Bertz CT molecular complexity index is 870. The minimum absolute atomic E-state index is 0.000820. The van der Waals surface area contributed by atoms with Gasteiger partial charge in [0, 0.05) is 17.5 Å². The van der Waals surface area contributed by atoms with E-state index in [4.69, 9.17) is 10.8 Å². The molecule has 0 saturated carbocycles. The van der Waals surface area contributed by atoms with Crippen LogP contribution in [0.2, 0.25) is 0 Å². The molecule has 124 valence electrons. The second-order valence-corrected chi connectivity index (χ2v) is 6.61. The van der Waals surface area contributed by atoms with E-state index < -0.39 is 11.2 Å². The number of aromatic nitrogens is 2. The van der Waals surface area contributed by atoms with Crippen molar-refractivity contribution in [1.29, 1.82) is 0 Å². The number of nitrogens with one attached hydrogen (secondary N) is 1. The molecule has 4 N–H and O–H groups in total. The minimum atomic E-state index is -1.09. The van der Waals surface area contributed by atoms with E-state index in [9.17, 15) is 4.55 Å². The molecule has 6 nitrogen and oxygen atoms in total. The van der Waals surface area contributed by atoms with E-state index in [1.54, 1.807) is 6.26 Å². The van der Waals surface area contributed by atoms with Crippen molar-refractivity contribution in [2.45, 2.75) is 4.90 Å². The number of rotatable bonds is 5. The highest BCUT2D eigenvalue weighted by Gasteiger charge is 2.14. The van der Waals surface area contributed by atoms with Gasteiger partial charge < -0.3 is 20.7 Å². The highest BCUT2D eigenvalue weighted by Crippen LogP contribution is 2.31. The van der Waals surface area contributed by atoms with Crippen LogP contribution >= 0.6 is 0 Å². The predicted octanol–water partition coefficient (Wildman–Crippen LogP) is 2.02. The van der Waals surface area contributed by atoms with Gasteiger partial charge >= 0.3 is 0 Å². The monoisotopic (exact) mass is 342 g/mol. The van der Waals surface area contributed by atoms with Gasteiger partial charge in [0.25, 0.3) is 0 Å². The van der Waals surface area contributed by atoms with Crippen LogP contribution in [-0.2, 0) is 11.2 Å². The second kappa shape index (κ2) is 7.04. The van der Waals surface area contributed by atoms with E-state index in [0.717, 1.165) is 21.4 Å². The smallest absolute Gasteiger partial charge is 0.222 e. The fourth-order valence-corrected chi connectivity index (χ4v) is 3.35. The van der Waals surface area contributed by atoms with Crippen molar-refractivity contribution in [2.75, 3.05) is 30.5 Å². The van der Waals surface area contributed by atoms with E-state index in [1.807, 2.05) is 42.5 Å². The Morgan fingerprint density at radius 2 is 2.00 bits per heavy atom. The summed E-state index contributed by atoms with van der Waals surface area (Å²) in [5, 5.41) is 12.8. The number of hydrogen-bond donors (Lipinski definition) is 3. The first kappa shape index (κ1) is 16.5. The molecule has 0 aliphatic rings. The Morgan fingerprint density at radius 3 is 2.75 bits per heavy atom. The summed E-state index contributed by atoms with van der Waals surface area (Å²) in [6.07, 6.45) is 1.66. The largest absolute Gasteiger partial charge is 0.612 e. The number of hydrogen-bond acceptors (Lipinski definition) is 6. The SMILES string of the molecule is C[S+]([O-])c1ccccc1-c1ccc2c(NCCO)nc(N)nc2c1. The molecule has 2 aromatic carbocycles. The van der Waals surface area contributed by atoms with Gasteiger partial charge in [-0.1, -0.05) is 18.2 Å². The van der Waals surface area contributed by atoms with Crippen LogP contribution in [0, 0.1) is 0 Å². The van der Waals surface area contributed by atoms with Crippen LogP contribution in [0.15, 0.2) is 47.4 Å². The lowest BCUT2D eigenvalue weighted by Gasteiger charge is -2.12. The standard InChI is InChI=1S/C17H18N4O2S/c1-24(23)15-5-3-2-4-12(15)11-6-7-13-14(10-11)20-17(18)21-16(13)19-8-9-22/h2-7,10,22H,8-9H2,1H3,(H3,18,19,20,21). The van der Waals surface area contributed by atoms with Gasteiger partial charge in [-0.3, -0.25) is 0 Å². The zero-order valence-corrected chi connectivity index (χ0v) is 14.0. The zero-order chi connectivity index (χ0) is 17.1. The summed E-state index contributed by atoms with van der Waals surface area (Å²) < 4.78 is 12.0. The average molecular weight is 342 g/mol. The molecular weight excluding hydrogens is 324 g/mol. The quantitative estimate of drug-likeness (QED) is 0.612. The summed E-state index contributed by atoms with van der Waals surface area (Å²) in [5.41, 5.74) is 8.30. The Kier molecular flexibility index (Phi) is 4.84. The topological polar surface area (TPSA) is 107 Å². The maximum Gasteiger partial charge on any atom is 0.222 e. The molecule has 1 heterocycles. The molecule has 7 heteroatoms. The number of nitrogens with zero attached hydrogens (tertiary/aromatic N) is 2. The molecule has 1 atom stereocenters. The highest BCUT2D eigenvalue weighted by atomic mass is 32.2. The van der Waals surface area contributed by atoms with Crippen molar-refractivity contribution >= 4 is 33.8 Å². The Balaban J connectivity index is 2.13. The molecule has 0 radical (unpaired) electrons. The fraction of sp³-hybridized carbons (Fsp3) is 0.176. The van der Waals surface area contributed by atoms with Crippen molar-refractivity contribution in [3.05, 3.63) is 42.5 Å². The van der Waals surface area contributed by atoms with Gasteiger partial charge in [-0.25, -0.2) is 4.98 Å². The molecule has 0 spiro atoms. The van der Waals surface area contributed by atoms with Crippen LogP contribution in [-0.4, -0.2) is 39.0 Å². The summed E-state index contributed by atoms with van der Waals surface area (Å²) in [7, 11) is 0. The lowest BCUT2D eigenvalue weighted by Crippen LogP contribution is -2.09. The lowest BCUT2D eigenvalue weighted by atomic mass is 10.0. The van der Waals surface area contributed by atoms with Crippen molar-refractivity contribution in [1.82, 2.24) is 9.97 Å². The lowest BCUT2D eigenvalue weighted by molar-refractivity contribution is 0.311. The summed E-state index contributed by atoms with van der Waals surface area (Å²) in [5.74, 6) is 0.748. The van der Waals surface area contributed by atoms with Gasteiger partial charge in [-0.2, -0.15) is 4.98 Å². The number of nitrogens with two attached hydrogens (primary N) is 1. The number of fused-ring (bicyclic) bond motifs is 1. The summed E-state index contributed by atoms with van der Waals surface area (Å²) in [6.45, 7) is 0.379. The molecule has 0 aliphatic carbocycles. The number of aliphatic hydroxyl groups excluding tert-OH is 1. The van der Waals surface area contributed by atoms with Gasteiger partial charge in [-0.05, 0) is 41.0 Å². The van der Waals surface area contributed by atoms with Gasteiger partial charge in [0.1, 0.15) is 12.1 Å². The second-order valence-electron chi connectivity index (χ2n) is 5.26. The molecule has 0 amide bonds. The van der Waals surface area contributed by atoms with Crippen LogP contribution in [0.3, 0.4) is 0 Å². The first-order valence-electron chi connectivity index (χ1n) is 7.45. The van der Waals surface area contributed by atoms with E-state index >= 15 is 0 Å². The maximum absolute atomic E-state index is 12.0. The van der Waals surface area contributed by atoms with Crippen LogP contribution < -0.4 is 11.1 Å². The third-order valence-corrected chi connectivity index (χ3v) is 4.60. The molecule has 3 aromatic rings. The van der Waals surface area contributed by atoms with Gasteiger partial charge in [-0.15, -0.1) is 0 Å². The molecule has 3 rings (SSSR count). The molecule has 1 unspecified atom stereocenters. The van der Waals surface area contributed by atoms with Crippen molar-refractivity contribution in [2.24, 2.45) is 0 Å². The number of nitrogen functional groups attached to an aromatic ring is 1. The summed E-state index contributed by atoms with van der Waals surface area (Å²) in [4.78, 5) is 9.25. The number of aliphatic hydroxyl groups is 1. The Morgan fingerprint density at radius 1 is 1.21 bits per heavy atom. The minimum Gasteiger partial charge on any atom is -0.612 e. The van der Waals surface area contributed by atoms with Crippen LogP contribution in [0.4, 0.5) is 11.8 Å². The van der Waals surface area contributed by atoms with Crippen LogP contribution in [0.1, 0.15) is 0 Å². The Hall–Kier alpha value is -2.35. The predicted molar refractivity (Wildman–Crippen MR) is 97.3 cm³/mol. The van der Waals surface area contributed by atoms with Crippen molar-refractivity contribution in [3.8, 4) is 11.1 Å². The summed E-state index contributed by atoms with van der Waals surface area (Å²) in [6, 6.07) is 13.3. The van der Waals surface area contributed by atoms with Crippen LogP contribution in [0.25, 0.3) is 22.0 Å². The third-order valence-electron chi connectivity index (χ3n) is 3.63. The first-order chi connectivity index (χ1) is 11.6. The molecule has 24 heavy (non-hydrogen) atoms. The molecule has 0 saturated heterocycles. The van der Waals surface area contributed by atoms with Crippen molar-refractivity contribution in [3.63, 3.8) is 0 Å². The Labute approximate surface area is 142 Å². The van der Waals surface area contributed by atoms with E-state index in [2.05, 4.69) is 15.3 Å². The normalized spacial score (nSPS) is 12.3. The number of anilines is 2. The highest BCUT2D eigenvalue weighted by molar-refractivity contribution is 7.90. The van der Waals surface area contributed by atoms with E-state index in [0.29, 0.717) is 17.9 Å². The molecule has 0 fully saturated rings. The average Bonchev–Trinajstić information content (AvgIpc) is 2.58. The van der Waals surface area contributed by atoms with Gasteiger partial charge in [0.15, 0.2) is 4.90 Å². The van der Waals surface area contributed by atoms with Gasteiger partial charge in [0.2, 0.25) is 5.95 Å². The van der Waals surface area contributed by atoms with E-state index in [-0.39, 0.29) is 12.6 Å². The fourth-order valence-electron chi connectivity index (χ4n) is 2.58. The summed E-state index contributed by atoms with van der Waals surface area (Å²) >= 11 is -1.09. The van der Waals surface area contributed by atoms with E-state index in [1.165, 1.54) is 0 Å². The maximum atomic E-state index is 12.0. The molecule has 0 bridgehead atoms. The zero-order valence-electron chi connectivity index (χ0n) is 13.2. The first-order valence-corrected chi connectivity index (χ1v) is 9.01. The van der Waals surface area contributed by atoms with Gasteiger partial charge in [0.05, 0.1) is 12.1 Å². The molecular formula is C17H18N4O2S. The molecule has 1 aromatic heterocycles. The molecule has 0 aliphatic heterocycles. The van der Waals surface area contributed by atoms with Crippen molar-refractivity contribution < 1.29 is 9.66 Å². The number of benzene rings is 2. The van der Waals surface area contributed by atoms with Crippen LogP contribution in [0.5, 0.6) is 0 Å². The third kappa shape index (κ3) is 3.28.